The number of benzene rings is 2. The van der Waals surface area contributed by atoms with Crippen molar-refractivity contribution in [3.63, 3.8) is 0 Å². The summed E-state index contributed by atoms with van der Waals surface area (Å²) < 4.78 is 11.4. The summed E-state index contributed by atoms with van der Waals surface area (Å²) in [5.41, 5.74) is 1.63. The van der Waals surface area contributed by atoms with Gasteiger partial charge in [0, 0.05) is 32.7 Å². The van der Waals surface area contributed by atoms with Crippen molar-refractivity contribution in [3.05, 3.63) is 58.6 Å². The van der Waals surface area contributed by atoms with E-state index >= 15 is 0 Å². The zero-order valence-electron chi connectivity index (χ0n) is 15.6. The minimum Gasteiger partial charge on any atom is -0.411 e. The first-order valence-electron chi connectivity index (χ1n) is 9.12. The number of rotatable bonds is 9. The number of hydrogen-bond acceptors (Lipinski definition) is 8. The molecule has 2 aromatic carbocycles. The van der Waals surface area contributed by atoms with E-state index in [-0.39, 0.29) is 0 Å². The van der Waals surface area contributed by atoms with Crippen LogP contribution in [0.5, 0.6) is 0 Å². The molecule has 0 saturated carbocycles. The zero-order chi connectivity index (χ0) is 20.8. The smallest absolute Gasteiger partial charge is 0.276 e. The first kappa shape index (κ1) is 21.2. The molecule has 0 N–H and O–H groups in total. The number of aromatic nitrogens is 4. The maximum Gasteiger partial charge on any atom is 0.276 e. The molecule has 0 amide bonds. The summed E-state index contributed by atoms with van der Waals surface area (Å²) in [5.74, 6) is 2.72. The Labute approximate surface area is 191 Å². The van der Waals surface area contributed by atoms with Gasteiger partial charge < -0.3 is 8.83 Å². The predicted octanol–water partition coefficient (Wildman–Crippen LogP) is 6.76. The topological polar surface area (TPSA) is 77.8 Å². The van der Waals surface area contributed by atoms with E-state index in [1.807, 2.05) is 36.4 Å². The van der Waals surface area contributed by atoms with Crippen molar-refractivity contribution in [1.82, 2.24) is 20.4 Å². The van der Waals surface area contributed by atoms with Gasteiger partial charge in [-0.15, -0.1) is 20.4 Å². The molecule has 0 bridgehead atoms. The first-order chi connectivity index (χ1) is 14.7. The van der Waals surface area contributed by atoms with Crippen molar-refractivity contribution in [1.29, 1.82) is 0 Å². The number of nitrogens with zero attached hydrogens (tertiary/aromatic N) is 4. The largest absolute Gasteiger partial charge is 0.411 e. The molecule has 6 nitrogen and oxygen atoms in total. The van der Waals surface area contributed by atoms with Crippen LogP contribution in [-0.4, -0.2) is 31.9 Å². The molecule has 0 aliphatic heterocycles. The fourth-order valence-corrected chi connectivity index (χ4v) is 4.44. The molecule has 10 heteroatoms. The van der Waals surface area contributed by atoms with Crippen LogP contribution >= 0.6 is 46.7 Å². The summed E-state index contributed by atoms with van der Waals surface area (Å²) in [6, 6.07) is 14.7. The van der Waals surface area contributed by atoms with Gasteiger partial charge in [-0.1, -0.05) is 58.9 Å². The Hall–Kier alpha value is -2.00. The zero-order valence-corrected chi connectivity index (χ0v) is 18.8. The molecule has 0 aliphatic rings. The summed E-state index contributed by atoms with van der Waals surface area (Å²) in [4.78, 5) is 0. The van der Waals surface area contributed by atoms with E-state index in [2.05, 4.69) is 20.4 Å². The summed E-state index contributed by atoms with van der Waals surface area (Å²) in [5, 5.41) is 18.7. The minimum atomic E-state index is 0.474. The van der Waals surface area contributed by atoms with Crippen molar-refractivity contribution < 1.29 is 8.83 Å². The second-order valence-corrected chi connectivity index (χ2v) is 9.14. The standard InChI is InChI=1S/C20H16Cl2N4O2S2/c21-15-7-3-5-13(11-15)17-23-25-19(27-17)29-9-1-2-10-30-20-26-24-18(28-20)14-6-4-8-16(22)12-14/h3-8,11-12H,1-2,9-10H2. The Bertz CT molecular complexity index is 1030. The van der Waals surface area contributed by atoms with Gasteiger partial charge in [0.1, 0.15) is 0 Å². The van der Waals surface area contributed by atoms with Gasteiger partial charge >= 0.3 is 0 Å². The Morgan fingerprint density at radius 3 is 1.57 bits per heavy atom. The van der Waals surface area contributed by atoms with Crippen molar-refractivity contribution in [2.75, 3.05) is 11.5 Å². The number of thioether (sulfide) groups is 2. The number of halogens is 2. The van der Waals surface area contributed by atoms with E-state index in [1.165, 1.54) is 0 Å². The number of hydrogen-bond donors (Lipinski definition) is 0. The predicted molar refractivity (Wildman–Crippen MR) is 120 cm³/mol. The van der Waals surface area contributed by atoms with Crippen LogP contribution in [0.4, 0.5) is 0 Å². The SMILES string of the molecule is Clc1cccc(-c2nnc(SCCCCSc3nnc(-c4cccc(Cl)c4)o3)o2)c1. The quantitative estimate of drug-likeness (QED) is 0.193. The monoisotopic (exact) mass is 478 g/mol. The molecule has 0 saturated heterocycles. The Kier molecular flexibility index (Phi) is 7.33. The van der Waals surface area contributed by atoms with Crippen LogP contribution < -0.4 is 0 Å². The van der Waals surface area contributed by atoms with E-state index in [0.29, 0.717) is 32.3 Å². The van der Waals surface area contributed by atoms with Crippen LogP contribution in [0.3, 0.4) is 0 Å². The third-order valence-corrected chi connectivity index (χ3v) is 6.23. The summed E-state index contributed by atoms with van der Waals surface area (Å²) >= 11 is 15.1. The molecule has 0 unspecified atom stereocenters. The lowest BCUT2D eigenvalue weighted by Crippen LogP contribution is -1.85. The average Bonchev–Trinajstić information content (AvgIpc) is 3.40. The Balaban J connectivity index is 1.18. The third kappa shape index (κ3) is 5.78. The van der Waals surface area contributed by atoms with Gasteiger partial charge in [0.25, 0.3) is 10.4 Å². The highest BCUT2D eigenvalue weighted by Crippen LogP contribution is 2.27. The van der Waals surface area contributed by atoms with E-state index < -0.39 is 0 Å². The van der Waals surface area contributed by atoms with Crippen LogP contribution in [0.25, 0.3) is 22.9 Å². The maximum atomic E-state index is 6.00. The molecule has 2 aromatic heterocycles. The van der Waals surface area contributed by atoms with Crippen molar-refractivity contribution in [3.8, 4) is 22.9 Å². The average molecular weight is 479 g/mol. The van der Waals surface area contributed by atoms with E-state index in [4.69, 9.17) is 32.0 Å². The van der Waals surface area contributed by atoms with Gasteiger partial charge in [-0.05, 0) is 49.2 Å². The molecule has 4 aromatic rings. The first-order valence-corrected chi connectivity index (χ1v) is 11.8. The fraction of sp³-hybridized carbons (Fsp3) is 0.200. The van der Waals surface area contributed by atoms with Crippen molar-refractivity contribution in [2.24, 2.45) is 0 Å². The molecule has 0 spiro atoms. The molecule has 0 aliphatic carbocycles. The van der Waals surface area contributed by atoms with E-state index in [9.17, 15) is 0 Å². The van der Waals surface area contributed by atoms with Crippen molar-refractivity contribution >= 4 is 46.7 Å². The lowest BCUT2D eigenvalue weighted by molar-refractivity contribution is 0.465. The summed E-state index contributed by atoms with van der Waals surface area (Å²) in [7, 11) is 0. The Morgan fingerprint density at radius 1 is 0.667 bits per heavy atom. The van der Waals surface area contributed by atoms with Crippen LogP contribution in [0.15, 0.2) is 67.8 Å². The molecule has 4 rings (SSSR count). The highest BCUT2D eigenvalue weighted by molar-refractivity contribution is 7.99. The highest BCUT2D eigenvalue weighted by atomic mass is 35.5. The highest BCUT2D eigenvalue weighted by Gasteiger charge is 2.11. The van der Waals surface area contributed by atoms with Crippen LogP contribution in [-0.2, 0) is 0 Å². The van der Waals surface area contributed by atoms with Crippen molar-refractivity contribution in [2.45, 2.75) is 23.3 Å². The third-order valence-electron chi connectivity index (χ3n) is 3.95. The van der Waals surface area contributed by atoms with Gasteiger partial charge in [0.2, 0.25) is 11.8 Å². The normalized spacial score (nSPS) is 11.1. The minimum absolute atomic E-state index is 0.474. The molecular formula is C20H16Cl2N4O2S2. The van der Waals surface area contributed by atoms with Crippen LogP contribution in [0.2, 0.25) is 10.0 Å². The van der Waals surface area contributed by atoms with Gasteiger partial charge in [0.05, 0.1) is 0 Å². The lowest BCUT2D eigenvalue weighted by Gasteiger charge is -1.98. The molecular weight excluding hydrogens is 463 g/mol. The fourth-order valence-electron chi connectivity index (χ4n) is 2.54. The Morgan fingerprint density at radius 2 is 1.13 bits per heavy atom. The van der Waals surface area contributed by atoms with Gasteiger partial charge in [-0.3, -0.25) is 0 Å². The van der Waals surface area contributed by atoms with Crippen LogP contribution in [0.1, 0.15) is 12.8 Å². The maximum absolute atomic E-state index is 6.00. The number of unbranched alkanes of at least 4 members (excludes halogenated alkanes) is 1. The van der Waals surface area contributed by atoms with E-state index in [1.54, 1.807) is 35.7 Å². The molecule has 0 radical (unpaired) electrons. The van der Waals surface area contributed by atoms with Gasteiger partial charge in [-0.25, -0.2) is 0 Å². The summed E-state index contributed by atoms with van der Waals surface area (Å²) in [6.07, 6.45) is 2.00. The second-order valence-electron chi connectivity index (χ2n) is 6.17. The molecule has 0 fully saturated rings. The molecule has 2 heterocycles. The molecule has 154 valence electrons. The molecule has 0 atom stereocenters. The van der Waals surface area contributed by atoms with Gasteiger partial charge in [-0.2, -0.15) is 0 Å². The van der Waals surface area contributed by atoms with Gasteiger partial charge in [0.15, 0.2) is 0 Å². The summed E-state index contributed by atoms with van der Waals surface area (Å²) in [6.45, 7) is 0. The van der Waals surface area contributed by atoms with E-state index in [0.717, 1.165) is 35.5 Å². The van der Waals surface area contributed by atoms with Crippen LogP contribution in [0, 0.1) is 0 Å². The second kappa shape index (κ2) is 10.3. The molecule has 30 heavy (non-hydrogen) atoms. The lowest BCUT2D eigenvalue weighted by atomic mass is 10.2.